The van der Waals surface area contributed by atoms with Crippen LogP contribution in [0.15, 0.2) is 24.3 Å². The van der Waals surface area contributed by atoms with Crippen LogP contribution in [0.4, 0.5) is 16.2 Å². The van der Waals surface area contributed by atoms with E-state index >= 15 is 0 Å². The first-order valence-electron chi connectivity index (χ1n) is 6.85. The van der Waals surface area contributed by atoms with Crippen LogP contribution in [0.1, 0.15) is 7.43 Å². The van der Waals surface area contributed by atoms with Crippen LogP contribution in [0, 0.1) is 0 Å². The molecule has 2 aliphatic heterocycles. The maximum absolute atomic E-state index is 11.8. The molecule has 0 aromatic heterocycles. The highest BCUT2D eigenvalue weighted by atomic mass is 16.6. The number of carbonyl (C=O) groups excluding carboxylic acids is 2. The molecule has 1 atom stereocenters. The molecule has 2 fully saturated rings. The molecular formula is C15H21N3O4. The third-order valence-electron chi connectivity index (χ3n) is 3.60. The number of morpholine rings is 1. The Balaban J connectivity index is 0.00000176. The number of rotatable bonds is 3. The van der Waals surface area contributed by atoms with Gasteiger partial charge in [-0.05, 0) is 24.3 Å². The van der Waals surface area contributed by atoms with E-state index in [2.05, 4.69) is 0 Å². The topological polar surface area (TPSA) is 85.1 Å². The Bertz CT molecular complexity index is 546. The van der Waals surface area contributed by atoms with E-state index in [0.29, 0.717) is 26.2 Å². The quantitative estimate of drug-likeness (QED) is 0.899. The Morgan fingerprint density at radius 1 is 1.14 bits per heavy atom. The molecule has 120 valence electrons. The second-order valence-corrected chi connectivity index (χ2v) is 4.97. The van der Waals surface area contributed by atoms with Crippen LogP contribution in [0.2, 0.25) is 0 Å². The molecule has 1 aromatic rings. The lowest BCUT2D eigenvalue weighted by Crippen LogP contribution is -2.41. The Kier molecular flexibility index (Phi) is 4.99. The van der Waals surface area contributed by atoms with Crippen molar-refractivity contribution in [3.8, 4) is 0 Å². The average Bonchev–Trinajstić information content (AvgIpc) is 2.89. The number of hydrogen-bond acceptors (Lipinski definition) is 5. The van der Waals surface area contributed by atoms with Gasteiger partial charge in [0, 0.05) is 24.5 Å². The summed E-state index contributed by atoms with van der Waals surface area (Å²) in [7, 11) is 0. The summed E-state index contributed by atoms with van der Waals surface area (Å²) in [6.45, 7) is 1.94. The lowest BCUT2D eigenvalue weighted by Gasteiger charge is -2.27. The van der Waals surface area contributed by atoms with E-state index in [1.165, 1.54) is 0 Å². The van der Waals surface area contributed by atoms with Crippen LogP contribution >= 0.6 is 0 Å². The second-order valence-electron chi connectivity index (χ2n) is 4.97. The summed E-state index contributed by atoms with van der Waals surface area (Å²) in [5.74, 6) is -0.0576. The largest absolute Gasteiger partial charge is 0.443 e. The lowest BCUT2D eigenvalue weighted by atomic mass is 10.2. The number of cyclic esters (lactones) is 1. The van der Waals surface area contributed by atoms with Crippen molar-refractivity contribution in [1.29, 1.82) is 0 Å². The smallest absolute Gasteiger partial charge is 0.414 e. The third kappa shape index (κ3) is 3.05. The van der Waals surface area contributed by atoms with Gasteiger partial charge in [0.15, 0.2) is 0 Å². The number of ether oxygens (including phenoxy) is 2. The van der Waals surface area contributed by atoms with Crippen molar-refractivity contribution in [1.82, 2.24) is 0 Å². The highest BCUT2D eigenvalue weighted by molar-refractivity contribution is 5.95. The molecule has 0 aliphatic carbocycles. The summed E-state index contributed by atoms with van der Waals surface area (Å²) in [6, 6.07) is 7.25. The maximum Gasteiger partial charge on any atom is 0.414 e. The number of benzene rings is 1. The zero-order chi connectivity index (χ0) is 14.8. The van der Waals surface area contributed by atoms with E-state index in [1.54, 1.807) is 21.9 Å². The standard InChI is InChI=1S/C14H17N3O4.CH4/c15-7-12-8-17(14(19)21-12)11-3-1-10(2-4-11)16-5-6-20-9-13(16)18;/h1-4,12H,5-9,15H2;1H4. The van der Waals surface area contributed by atoms with E-state index in [9.17, 15) is 9.59 Å². The van der Waals surface area contributed by atoms with E-state index < -0.39 is 0 Å². The molecule has 0 spiro atoms. The number of amides is 2. The van der Waals surface area contributed by atoms with Crippen molar-refractivity contribution in [2.45, 2.75) is 13.5 Å². The van der Waals surface area contributed by atoms with Crippen LogP contribution in [0.25, 0.3) is 0 Å². The highest BCUT2D eigenvalue weighted by Gasteiger charge is 2.31. The van der Waals surface area contributed by atoms with Gasteiger partial charge < -0.3 is 20.1 Å². The zero-order valence-electron chi connectivity index (χ0n) is 11.5. The van der Waals surface area contributed by atoms with Crippen LogP contribution in [0.5, 0.6) is 0 Å². The SMILES string of the molecule is C.NCC1CN(c2ccc(N3CCOCC3=O)cc2)C(=O)O1. The molecule has 1 aromatic carbocycles. The van der Waals surface area contributed by atoms with Crippen LogP contribution in [-0.2, 0) is 14.3 Å². The summed E-state index contributed by atoms with van der Waals surface area (Å²) in [6.07, 6.45) is -0.654. The van der Waals surface area contributed by atoms with E-state index in [-0.39, 0.29) is 32.1 Å². The first-order valence-corrected chi connectivity index (χ1v) is 6.85. The molecule has 22 heavy (non-hydrogen) atoms. The van der Waals surface area contributed by atoms with Gasteiger partial charge >= 0.3 is 6.09 Å². The molecule has 0 saturated carbocycles. The van der Waals surface area contributed by atoms with Gasteiger partial charge in [0.25, 0.3) is 5.91 Å². The molecule has 3 rings (SSSR count). The minimum Gasteiger partial charge on any atom is -0.443 e. The third-order valence-corrected chi connectivity index (χ3v) is 3.60. The van der Waals surface area contributed by atoms with Gasteiger partial charge in [-0.3, -0.25) is 9.69 Å². The van der Waals surface area contributed by atoms with Gasteiger partial charge in [0.2, 0.25) is 0 Å². The van der Waals surface area contributed by atoms with Gasteiger partial charge in [-0.15, -0.1) is 0 Å². The summed E-state index contributed by atoms with van der Waals surface area (Å²) >= 11 is 0. The maximum atomic E-state index is 11.8. The van der Waals surface area contributed by atoms with Crippen LogP contribution < -0.4 is 15.5 Å². The van der Waals surface area contributed by atoms with Crippen molar-refractivity contribution in [3.63, 3.8) is 0 Å². The highest BCUT2D eigenvalue weighted by Crippen LogP contribution is 2.25. The minimum atomic E-state index is -0.388. The molecule has 2 saturated heterocycles. The predicted molar refractivity (Wildman–Crippen MR) is 83.0 cm³/mol. The molecule has 2 aliphatic rings. The van der Waals surface area contributed by atoms with Crippen molar-refractivity contribution >= 4 is 23.4 Å². The summed E-state index contributed by atoms with van der Waals surface area (Å²) in [5.41, 5.74) is 7.05. The molecular weight excluding hydrogens is 286 g/mol. The first-order chi connectivity index (χ1) is 10.2. The van der Waals surface area contributed by atoms with E-state index in [0.717, 1.165) is 11.4 Å². The van der Waals surface area contributed by atoms with Gasteiger partial charge in [0.1, 0.15) is 12.7 Å². The van der Waals surface area contributed by atoms with Crippen LogP contribution in [-0.4, -0.2) is 51.0 Å². The number of anilines is 2. The zero-order valence-corrected chi connectivity index (χ0v) is 11.5. The fourth-order valence-electron chi connectivity index (χ4n) is 2.46. The molecule has 0 bridgehead atoms. The Labute approximate surface area is 129 Å². The normalized spacial score (nSPS) is 21.6. The number of nitrogens with two attached hydrogens (primary N) is 1. The monoisotopic (exact) mass is 307 g/mol. The summed E-state index contributed by atoms with van der Waals surface area (Å²) < 4.78 is 10.2. The summed E-state index contributed by atoms with van der Waals surface area (Å²) in [5, 5.41) is 0. The van der Waals surface area contributed by atoms with Gasteiger partial charge in [-0.25, -0.2) is 4.79 Å². The van der Waals surface area contributed by atoms with Crippen molar-refractivity contribution in [3.05, 3.63) is 24.3 Å². The molecule has 2 N–H and O–H groups in total. The second kappa shape index (κ2) is 6.76. The number of nitrogens with zero attached hydrogens (tertiary/aromatic N) is 2. The molecule has 0 radical (unpaired) electrons. The van der Waals surface area contributed by atoms with Crippen molar-refractivity contribution < 1.29 is 19.1 Å². The fourth-order valence-corrected chi connectivity index (χ4v) is 2.46. The van der Waals surface area contributed by atoms with E-state index in [4.69, 9.17) is 15.2 Å². The van der Waals surface area contributed by atoms with Gasteiger partial charge in [-0.1, -0.05) is 7.43 Å². The first kappa shape index (κ1) is 16.3. The number of hydrogen-bond donors (Lipinski definition) is 1. The predicted octanol–water partition coefficient (Wildman–Crippen LogP) is 0.970. The minimum absolute atomic E-state index is 0. The summed E-state index contributed by atoms with van der Waals surface area (Å²) in [4.78, 5) is 26.7. The lowest BCUT2D eigenvalue weighted by molar-refractivity contribution is -0.125. The molecule has 1 unspecified atom stereocenters. The van der Waals surface area contributed by atoms with Gasteiger partial charge in [-0.2, -0.15) is 0 Å². The van der Waals surface area contributed by atoms with Crippen molar-refractivity contribution in [2.24, 2.45) is 5.73 Å². The van der Waals surface area contributed by atoms with E-state index in [1.807, 2.05) is 12.1 Å². The van der Waals surface area contributed by atoms with Crippen LogP contribution in [0.3, 0.4) is 0 Å². The molecule has 2 amide bonds. The average molecular weight is 307 g/mol. The van der Waals surface area contributed by atoms with Crippen molar-refractivity contribution in [2.75, 3.05) is 42.6 Å². The molecule has 7 nitrogen and oxygen atoms in total. The van der Waals surface area contributed by atoms with Gasteiger partial charge in [0.05, 0.1) is 13.2 Å². The Morgan fingerprint density at radius 2 is 1.77 bits per heavy atom. The fraction of sp³-hybridized carbons (Fsp3) is 0.467. The Hall–Kier alpha value is -2.12. The number of carbonyl (C=O) groups is 2. The molecule has 7 heteroatoms. The Morgan fingerprint density at radius 3 is 2.32 bits per heavy atom. The molecule has 2 heterocycles.